The lowest BCUT2D eigenvalue weighted by molar-refractivity contribution is -0.384. The van der Waals surface area contributed by atoms with Gasteiger partial charge in [0.15, 0.2) is 0 Å². The molecule has 1 aromatic carbocycles. The van der Waals surface area contributed by atoms with Gasteiger partial charge < -0.3 is 4.90 Å². The lowest BCUT2D eigenvalue weighted by atomic mass is 9.76. The molecule has 2 aliphatic rings. The highest BCUT2D eigenvalue weighted by Gasteiger charge is 2.39. The number of hydrogen-bond acceptors (Lipinski definition) is 3. The first-order valence-electron chi connectivity index (χ1n) is 8.15. The van der Waals surface area contributed by atoms with Crippen molar-refractivity contribution in [2.75, 3.05) is 0 Å². The molecule has 1 saturated heterocycles. The van der Waals surface area contributed by atoms with Crippen LogP contribution in [0.2, 0.25) is 0 Å². The molecule has 5 heteroatoms. The summed E-state index contributed by atoms with van der Waals surface area (Å²) in [5.74, 6) is 0.658. The first kappa shape index (κ1) is 15.0. The molecule has 0 unspecified atom stereocenters. The van der Waals surface area contributed by atoms with Crippen LogP contribution >= 0.6 is 0 Å². The van der Waals surface area contributed by atoms with Gasteiger partial charge >= 0.3 is 0 Å². The minimum atomic E-state index is -0.436. The van der Waals surface area contributed by atoms with E-state index in [2.05, 4.69) is 11.8 Å². The molecule has 3 atom stereocenters. The number of rotatable bonds is 2. The van der Waals surface area contributed by atoms with Crippen molar-refractivity contribution < 1.29 is 9.72 Å². The fraction of sp³-hybridized carbons (Fsp3) is 0.588. The zero-order valence-electron chi connectivity index (χ0n) is 12.9. The molecule has 1 aromatic rings. The van der Waals surface area contributed by atoms with E-state index in [4.69, 9.17) is 0 Å². The molecule has 1 aliphatic carbocycles. The maximum absolute atomic E-state index is 12.9. The van der Waals surface area contributed by atoms with E-state index < -0.39 is 4.92 Å². The van der Waals surface area contributed by atoms with Gasteiger partial charge in [-0.25, -0.2) is 0 Å². The topological polar surface area (TPSA) is 63.5 Å². The summed E-state index contributed by atoms with van der Waals surface area (Å²) in [4.78, 5) is 25.3. The summed E-state index contributed by atoms with van der Waals surface area (Å²) in [6.45, 7) is 2.12. The molecule has 5 nitrogen and oxygen atoms in total. The van der Waals surface area contributed by atoms with Crippen molar-refractivity contribution in [2.24, 2.45) is 5.92 Å². The molecule has 1 saturated carbocycles. The van der Waals surface area contributed by atoms with Gasteiger partial charge in [-0.15, -0.1) is 0 Å². The predicted molar refractivity (Wildman–Crippen MR) is 83.7 cm³/mol. The van der Waals surface area contributed by atoms with Gasteiger partial charge in [0.25, 0.3) is 11.6 Å². The Balaban J connectivity index is 1.83. The molecule has 0 radical (unpaired) electrons. The fourth-order valence-corrected chi connectivity index (χ4v) is 4.04. The van der Waals surface area contributed by atoms with E-state index in [-0.39, 0.29) is 17.6 Å². The van der Waals surface area contributed by atoms with Crippen LogP contribution < -0.4 is 0 Å². The molecular formula is C17H22N2O3. The Morgan fingerprint density at radius 1 is 1.14 bits per heavy atom. The van der Waals surface area contributed by atoms with Crippen LogP contribution in [0.1, 0.15) is 55.8 Å². The summed E-state index contributed by atoms with van der Waals surface area (Å²) in [6.07, 6.45) is 7.05. The van der Waals surface area contributed by atoms with Crippen LogP contribution in [0.3, 0.4) is 0 Å². The van der Waals surface area contributed by atoms with Crippen LogP contribution in [0.15, 0.2) is 24.3 Å². The number of likely N-dealkylation sites (tertiary alicyclic amines) is 1. The molecule has 0 N–H and O–H groups in total. The van der Waals surface area contributed by atoms with Gasteiger partial charge in [-0.2, -0.15) is 0 Å². The van der Waals surface area contributed by atoms with Gasteiger partial charge in [0.2, 0.25) is 0 Å². The molecular weight excluding hydrogens is 280 g/mol. The minimum absolute atomic E-state index is 0.0267. The number of nitrogens with zero attached hydrogens (tertiary/aromatic N) is 2. The third-order valence-electron chi connectivity index (χ3n) is 5.22. The highest BCUT2D eigenvalue weighted by molar-refractivity contribution is 5.95. The van der Waals surface area contributed by atoms with Crippen molar-refractivity contribution in [1.29, 1.82) is 0 Å². The fourth-order valence-electron chi connectivity index (χ4n) is 4.04. The van der Waals surface area contributed by atoms with Crippen molar-refractivity contribution in [3.8, 4) is 0 Å². The number of nitro benzene ring substituents is 1. The van der Waals surface area contributed by atoms with Crippen LogP contribution in [-0.2, 0) is 0 Å². The standard InChI is InChI=1S/C17H22N2O3/c1-12-6-7-13-4-2-3-5-16(13)18(12)17(20)14-8-10-15(11-9-14)19(21)22/h8-13,16H,2-7H2,1H3/t12-,13+,16+/m1/s1. The summed E-state index contributed by atoms with van der Waals surface area (Å²) in [5, 5.41) is 10.7. The zero-order chi connectivity index (χ0) is 15.7. The van der Waals surface area contributed by atoms with Crippen LogP contribution in [0.4, 0.5) is 5.69 Å². The van der Waals surface area contributed by atoms with Gasteiger partial charge in [-0.05, 0) is 50.7 Å². The maximum Gasteiger partial charge on any atom is 0.269 e. The summed E-state index contributed by atoms with van der Waals surface area (Å²) in [7, 11) is 0. The van der Waals surface area contributed by atoms with E-state index >= 15 is 0 Å². The highest BCUT2D eigenvalue weighted by atomic mass is 16.6. The molecule has 3 rings (SSSR count). The summed E-state index contributed by atoms with van der Waals surface area (Å²) in [6, 6.07) is 6.60. The van der Waals surface area contributed by atoms with E-state index in [0.29, 0.717) is 17.5 Å². The number of benzene rings is 1. The van der Waals surface area contributed by atoms with E-state index in [0.717, 1.165) is 12.8 Å². The van der Waals surface area contributed by atoms with Crippen molar-refractivity contribution in [3.63, 3.8) is 0 Å². The van der Waals surface area contributed by atoms with Crippen LogP contribution in [0.25, 0.3) is 0 Å². The Kier molecular flexibility index (Phi) is 4.14. The van der Waals surface area contributed by atoms with Crippen molar-refractivity contribution in [2.45, 2.75) is 57.5 Å². The van der Waals surface area contributed by atoms with Crippen molar-refractivity contribution >= 4 is 11.6 Å². The van der Waals surface area contributed by atoms with Crippen molar-refractivity contribution in [1.82, 2.24) is 4.90 Å². The Labute approximate surface area is 130 Å². The SMILES string of the molecule is C[C@@H]1CC[C@@H]2CCCC[C@@H]2N1C(=O)c1ccc([N+](=O)[O-])cc1. The molecule has 0 spiro atoms. The molecule has 1 amide bonds. The number of fused-ring (bicyclic) bond motifs is 1. The van der Waals surface area contributed by atoms with E-state index in [1.54, 1.807) is 12.1 Å². The zero-order valence-corrected chi connectivity index (χ0v) is 12.9. The Hall–Kier alpha value is -1.91. The molecule has 0 aromatic heterocycles. The second kappa shape index (κ2) is 6.07. The Bertz CT molecular complexity index is 570. The summed E-state index contributed by atoms with van der Waals surface area (Å²) < 4.78 is 0. The molecule has 2 fully saturated rings. The second-order valence-corrected chi connectivity index (χ2v) is 6.55. The van der Waals surface area contributed by atoms with E-state index in [1.807, 2.05) is 0 Å². The highest BCUT2D eigenvalue weighted by Crippen LogP contribution is 2.38. The smallest absolute Gasteiger partial charge is 0.269 e. The normalized spacial score (nSPS) is 28.0. The molecule has 0 bridgehead atoms. The number of nitro groups is 1. The first-order chi connectivity index (χ1) is 10.6. The second-order valence-electron chi connectivity index (χ2n) is 6.55. The number of piperidine rings is 1. The van der Waals surface area contributed by atoms with Crippen LogP contribution in [-0.4, -0.2) is 27.8 Å². The molecule has 1 aliphatic heterocycles. The first-order valence-corrected chi connectivity index (χ1v) is 8.15. The van der Waals surface area contributed by atoms with E-state index in [9.17, 15) is 14.9 Å². The third kappa shape index (κ3) is 2.72. The van der Waals surface area contributed by atoms with Crippen LogP contribution in [0.5, 0.6) is 0 Å². The number of amides is 1. The van der Waals surface area contributed by atoms with E-state index in [1.165, 1.54) is 37.8 Å². The maximum atomic E-state index is 12.9. The quantitative estimate of drug-likeness (QED) is 0.617. The number of hydrogen-bond donors (Lipinski definition) is 0. The third-order valence-corrected chi connectivity index (χ3v) is 5.22. The van der Waals surface area contributed by atoms with Gasteiger partial charge in [-0.3, -0.25) is 14.9 Å². The van der Waals surface area contributed by atoms with Crippen LogP contribution in [0, 0.1) is 16.0 Å². The van der Waals surface area contributed by atoms with Gasteiger partial charge in [0.1, 0.15) is 0 Å². The van der Waals surface area contributed by atoms with Crippen molar-refractivity contribution in [3.05, 3.63) is 39.9 Å². The minimum Gasteiger partial charge on any atom is -0.333 e. The lowest BCUT2D eigenvalue weighted by Gasteiger charge is -2.47. The lowest BCUT2D eigenvalue weighted by Crippen LogP contribution is -2.53. The molecule has 1 heterocycles. The molecule has 118 valence electrons. The monoisotopic (exact) mass is 302 g/mol. The largest absolute Gasteiger partial charge is 0.333 e. The number of non-ortho nitro benzene ring substituents is 1. The Morgan fingerprint density at radius 2 is 1.82 bits per heavy atom. The summed E-state index contributed by atoms with van der Waals surface area (Å²) in [5.41, 5.74) is 0.586. The van der Waals surface area contributed by atoms with Gasteiger partial charge in [-0.1, -0.05) is 12.8 Å². The summed E-state index contributed by atoms with van der Waals surface area (Å²) >= 11 is 0. The molecule has 22 heavy (non-hydrogen) atoms. The Morgan fingerprint density at radius 3 is 2.50 bits per heavy atom. The van der Waals surface area contributed by atoms with Gasteiger partial charge in [0.05, 0.1) is 4.92 Å². The predicted octanol–water partition coefficient (Wildman–Crippen LogP) is 3.78. The average Bonchev–Trinajstić information content (AvgIpc) is 2.54. The number of carbonyl (C=O) groups excluding carboxylic acids is 1. The average molecular weight is 302 g/mol. The van der Waals surface area contributed by atoms with Gasteiger partial charge in [0, 0.05) is 29.8 Å². The number of carbonyl (C=O) groups is 1.